The van der Waals surface area contributed by atoms with Crippen molar-refractivity contribution in [3.8, 4) is 17.3 Å². The van der Waals surface area contributed by atoms with Gasteiger partial charge in [-0.2, -0.15) is 5.26 Å². The fourth-order valence-electron chi connectivity index (χ4n) is 3.68. The van der Waals surface area contributed by atoms with E-state index in [9.17, 15) is 10.4 Å². The lowest BCUT2D eigenvalue weighted by Gasteiger charge is -2.46. The summed E-state index contributed by atoms with van der Waals surface area (Å²) in [7, 11) is 1.69. The van der Waals surface area contributed by atoms with E-state index < -0.39 is 11.0 Å². The predicted octanol–water partition coefficient (Wildman–Crippen LogP) is 3.50. The van der Waals surface area contributed by atoms with E-state index in [2.05, 4.69) is 16.0 Å². The SMILES string of the molecule is CN=Cc1cc(-c2ccc3sc(C4(O)CC(C)(C#N)C4)cc3n2)cnc1N. The molecule has 0 atom stereocenters. The summed E-state index contributed by atoms with van der Waals surface area (Å²) in [6, 6.07) is 10.1. The zero-order valence-corrected chi connectivity index (χ0v) is 15.9. The molecule has 0 amide bonds. The van der Waals surface area contributed by atoms with E-state index >= 15 is 0 Å². The van der Waals surface area contributed by atoms with Gasteiger partial charge < -0.3 is 10.8 Å². The highest BCUT2D eigenvalue weighted by atomic mass is 32.1. The molecule has 3 aromatic heterocycles. The Bertz CT molecular complexity index is 1110. The Morgan fingerprint density at radius 1 is 1.37 bits per heavy atom. The number of nitrogens with two attached hydrogens (primary N) is 1. The van der Waals surface area contributed by atoms with Crippen LogP contribution in [0.3, 0.4) is 0 Å². The molecule has 27 heavy (non-hydrogen) atoms. The number of nitriles is 1. The van der Waals surface area contributed by atoms with Gasteiger partial charge in [-0.15, -0.1) is 11.3 Å². The van der Waals surface area contributed by atoms with Crippen molar-refractivity contribution in [1.82, 2.24) is 9.97 Å². The first-order chi connectivity index (χ1) is 12.9. The second-order valence-electron chi connectivity index (χ2n) is 7.33. The molecule has 136 valence electrons. The molecule has 0 unspecified atom stereocenters. The number of rotatable bonds is 3. The average Bonchev–Trinajstić information content (AvgIpc) is 3.06. The minimum atomic E-state index is -0.927. The van der Waals surface area contributed by atoms with Crippen molar-refractivity contribution in [2.45, 2.75) is 25.4 Å². The van der Waals surface area contributed by atoms with Crippen molar-refractivity contribution in [3.63, 3.8) is 0 Å². The molecule has 4 rings (SSSR count). The van der Waals surface area contributed by atoms with Crippen LogP contribution >= 0.6 is 11.3 Å². The number of aliphatic hydroxyl groups is 1. The number of pyridine rings is 2. The third-order valence-corrected chi connectivity index (χ3v) is 6.26. The molecule has 1 aliphatic carbocycles. The molecule has 3 heterocycles. The van der Waals surface area contributed by atoms with E-state index in [-0.39, 0.29) is 0 Å². The molecule has 0 radical (unpaired) electrons. The number of aromatic nitrogens is 2. The summed E-state index contributed by atoms with van der Waals surface area (Å²) in [5, 5.41) is 20.1. The van der Waals surface area contributed by atoms with Gasteiger partial charge in [-0.1, -0.05) is 0 Å². The van der Waals surface area contributed by atoms with Crippen molar-refractivity contribution in [2.24, 2.45) is 10.4 Å². The zero-order chi connectivity index (χ0) is 19.2. The van der Waals surface area contributed by atoms with Gasteiger partial charge in [0, 0.05) is 35.5 Å². The van der Waals surface area contributed by atoms with E-state index in [1.165, 1.54) is 11.3 Å². The first kappa shape index (κ1) is 17.6. The van der Waals surface area contributed by atoms with Gasteiger partial charge in [-0.05, 0) is 44.0 Å². The van der Waals surface area contributed by atoms with Crippen LogP contribution in [-0.2, 0) is 5.60 Å². The standard InChI is InChI=1S/C20H19N5OS/c1-19(11-21)9-20(26,10-19)17-6-15-16(27-17)4-3-14(25-15)12-5-13(7-23-2)18(22)24-8-12/h3-8,26H,9-10H2,1-2H3,(H2,22,24). The molecule has 6 nitrogen and oxygen atoms in total. The Balaban J connectivity index is 1.70. The summed E-state index contributed by atoms with van der Waals surface area (Å²) in [6.07, 6.45) is 4.28. The van der Waals surface area contributed by atoms with Gasteiger partial charge in [0.05, 0.1) is 27.4 Å². The summed E-state index contributed by atoms with van der Waals surface area (Å²) in [5.41, 5.74) is 7.72. The summed E-state index contributed by atoms with van der Waals surface area (Å²) < 4.78 is 1.01. The number of hydrogen-bond acceptors (Lipinski definition) is 7. The Kier molecular flexibility index (Phi) is 3.98. The molecule has 0 saturated heterocycles. The van der Waals surface area contributed by atoms with Gasteiger partial charge in [-0.25, -0.2) is 9.97 Å². The average molecular weight is 377 g/mol. The highest BCUT2D eigenvalue weighted by Crippen LogP contribution is 2.55. The molecule has 0 aliphatic heterocycles. The quantitative estimate of drug-likeness (QED) is 0.679. The van der Waals surface area contributed by atoms with Crippen LogP contribution in [0.15, 0.2) is 35.5 Å². The molecule has 1 fully saturated rings. The normalized spacial score (nSPS) is 24.8. The zero-order valence-electron chi connectivity index (χ0n) is 15.1. The maximum Gasteiger partial charge on any atom is 0.132 e. The molecule has 3 N–H and O–H groups in total. The summed E-state index contributed by atoms with van der Waals surface area (Å²) in [5.74, 6) is 0.427. The molecular weight excluding hydrogens is 358 g/mol. The first-order valence-corrected chi connectivity index (χ1v) is 9.40. The monoisotopic (exact) mass is 377 g/mol. The van der Waals surface area contributed by atoms with Gasteiger partial charge >= 0.3 is 0 Å². The van der Waals surface area contributed by atoms with Crippen molar-refractivity contribution < 1.29 is 5.11 Å². The van der Waals surface area contributed by atoms with Crippen LogP contribution in [0.4, 0.5) is 5.82 Å². The van der Waals surface area contributed by atoms with Crippen molar-refractivity contribution >= 4 is 33.6 Å². The molecule has 3 aromatic rings. The fraction of sp³-hybridized carbons (Fsp3) is 0.300. The van der Waals surface area contributed by atoms with Crippen LogP contribution in [-0.4, -0.2) is 28.3 Å². The lowest BCUT2D eigenvalue weighted by Crippen LogP contribution is -2.46. The maximum atomic E-state index is 10.9. The molecule has 0 bridgehead atoms. The highest BCUT2D eigenvalue weighted by Gasteiger charge is 2.53. The third-order valence-electron chi connectivity index (χ3n) is 4.98. The van der Waals surface area contributed by atoms with Crippen LogP contribution in [0.1, 0.15) is 30.2 Å². The van der Waals surface area contributed by atoms with Crippen molar-refractivity contribution in [2.75, 3.05) is 12.8 Å². The summed E-state index contributed by atoms with van der Waals surface area (Å²) in [6.45, 7) is 1.89. The second-order valence-corrected chi connectivity index (χ2v) is 8.42. The third kappa shape index (κ3) is 2.97. The van der Waals surface area contributed by atoms with Crippen molar-refractivity contribution in [3.05, 3.63) is 40.9 Å². The highest BCUT2D eigenvalue weighted by molar-refractivity contribution is 7.19. The van der Waals surface area contributed by atoms with Crippen LogP contribution in [0.5, 0.6) is 0 Å². The van der Waals surface area contributed by atoms with Gasteiger partial charge in [0.15, 0.2) is 0 Å². The molecule has 0 aromatic carbocycles. The van der Waals surface area contributed by atoms with E-state index in [0.29, 0.717) is 18.7 Å². The smallest absolute Gasteiger partial charge is 0.132 e. The van der Waals surface area contributed by atoms with E-state index in [0.717, 1.165) is 31.9 Å². The van der Waals surface area contributed by atoms with Gasteiger partial charge in [0.1, 0.15) is 11.4 Å². The number of aliphatic imine (C=N–C) groups is 1. The number of nitrogens with zero attached hydrogens (tertiary/aromatic N) is 4. The molecule has 7 heteroatoms. The lowest BCUT2D eigenvalue weighted by molar-refractivity contribution is -0.0999. The fourth-order valence-corrected chi connectivity index (χ4v) is 4.77. The number of hydrogen-bond donors (Lipinski definition) is 2. The summed E-state index contributed by atoms with van der Waals surface area (Å²) >= 11 is 1.53. The van der Waals surface area contributed by atoms with Crippen LogP contribution in [0.2, 0.25) is 0 Å². The molecule has 0 spiro atoms. The molecule has 1 aliphatic rings. The Morgan fingerprint density at radius 3 is 2.85 bits per heavy atom. The second kappa shape index (κ2) is 6.12. The Labute approximate surface area is 161 Å². The van der Waals surface area contributed by atoms with Gasteiger partial charge in [0.2, 0.25) is 0 Å². The number of nitrogen functional groups attached to an aromatic ring is 1. The first-order valence-electron chi connectivity index (χ1n) is 8.59. The lowest BCUT2D eigenvalue weighted by atomic mass is 9.60. The number of anilines is 1. The summed E-state index contributed by atoms with van der Waals surface area (Å²) in [4.78, 5) is 13.8. The Morgan fingerprint density at radius 2 is 2.15 bits per heavy atom. The number of fused-ring (bicyclic) bond motifs is 1. The largest absolute Gasteiger partial charge is 0.384 e. The van der Waals surface area contributed by atoms with Gasteiger partial charge in [-0.3, -0.25) is 4.99 Å². The van der Waals surface area contributed by atoms with Gasteiger partial charge in [0.25, 0.3) is 0 Å². The topological polar surface area (TPSA) is 108 Å². The number of thiophene rings is 1. The van der Waals surface area contributed by atoms with E-state index in [1.54, 1.807) is 19.5 Å². The predicted molar refractivity (Wildman–Crippen MR) is 108 cm³/mol. The van der Waals surface area contributed by atoms with Crippen LogP contribution in [0, 0.1) is 16.7 Å². The van der Waals surface area contributed by atoms with Crippen LogP contribution < -0.4 is 5.73 Å². The van der Waals surface area contributed by atoms with Crippen molar-refractivity contribution in [1.29, 1.82) is 5.26 Å². The molecular formula is C20H19N5OS. The Hall–Kier alpha value is -2.82. The van der Waals surface area contributed by atoms with E-state index in [1.807, 2.05) is 31.2 Å². The maximum absolute atomic E-state index is 10.9. The van der Waals surface area contributed by atoms with E-state index in [4.69, 9.17) is 10.7 Å². The molecule has 1 saturated carbocycles. The minimum absolute atomic E-state index is 0.427. The van der Waals surface area contributed by atoms with Crippen LogP contribution in [0.25, 0.3) is 21.5 Å². The minimum Gasteiger partial charge on any atom is -0.384 e.